The molecule has 1 fully saturated rings. The second-order valence-corrected chi connectivity index (χ2v) is 7.27. The first-order valence-corrected chi connectivity index (χ1v) is 10.2. The molecule has 1 aromatic carbocycles. The van der Waals surface area contributed by atoms with Crippen molar-refractivity contribution in [1.82, 2.24) is 19.5 Å². The van der Waals surface area contributed by atoms with Gasteiger partial charge in [-0.1, -0.05) is 6.92 Å². The maximum absolute atomic E-state index is 10.3. The third-order valence-electron chi connectivity index (χ3n) is 4.97. The van der Waals surface area contributed by atoms with Gasteiger partial charge in [0.2, 0.25) is 5.95 Å². The Kier molecular flexibility index (Phi) is 6.46. The minimum atomic E-state index is -1.28. The molecule has 1 unspecified atom stereocenters. The van der Waals surface area contributed by atoms with Crippen molar-refractivity contribution in [3.05, 3.63) is 36.2 Å². The van der Waals surface area contributed by atoms with Crippen LogP contribution in [0.25, 0.3) is 11.2 Å². The van der Waals surface area contributed by atoms with Gasteiger partial charge in [0.05, 0.1) is 25.8 Å². The summed E-state index contributed by atoms with van der Waals surface area (Å²) >= 11 is 0. The van der Waals surface area contributed by atoms with Gasteiger partial charge in [-0.25, -0.2) is 10.4 Å². The zero-order valence-electron chi connectivity index (χ0n) is 17.4. The average Bonchev–Trinajstić information content (AvgIpc) is 3.34. The molecule has 12 heteroatoms. The van der Waals surface area contributed by atoms with Crippen molar-refractivity contribution in [1.29, 1.82) is 0 Å². The van der Waals surface area contributed by atoms with E-state index in [0.29, 0.717) is 12.1 Å². The Hall–Kier alpha value is -3.32. The number of nitrogens with zero attached hydrogens (tertiary/aromatic N) is 5. The molecule has 170 valence electrons. The van der Waals surface area contributed by atoms with E-state index in [9.17, 15) is 15.3 Å². The number of ether oxygens (including phenoxy) is 2. The quantitative estimate of drug-likeness (QED) is 0.240. The van der Waals surface area contributed by atoms with Crippen molar-refractivity contribution in [2.24, 2.45) is 5.10 Å². The van der Waals surface area contributed by atoms with Crippen LogP contribution in [0, 0.1) is 0 Å². The van der Waals surface area contributed by atoms with Gasteiger partial charge in [-0.3, -0.25) is 4.57 Å². The third kappa shape index (κ3) is 4.34. The number of imidazole rings is 1. The van der Waals surface area contributed by atoms with E-state index in [-0.39, 0.29) is 17.4 Å². The van der Waals surface area contributed by atoms with Crippen LogP contribution in [0.3, 0.4) is 0 Å². The van der Waals surface area contributed by atoms with E-state index in [1.54, 1.807) is 6.21 Å². The van der Waals surface area contributed by atoms with Crippen LogP contribution in [0.1, 0.15) is 25.1 Å². The van der Waals surface area contributed by atoms with E-state index in [1.807, 2.05) is 31.2 Å². The Balaban J connectivity index is 1.52. The molecule has 6 N–H and O–H groups in total. The highest BCUT2D eigenvalue weighted by Crippen LogP contribution is 2.32. The van der Waals surface area contributed by atoms with Crippen LogP contribution >= 0.6 is 0 Å². The van der Waals surface area contributed by atoms with Crippen molar-refractivity contribution in [3.63, 3.8) is 0 Å². The van der Waals surface area contributed by atoms with E-state index in [2.05, 4.69) is 25.5 Å². The van der Waals surface area contributed by atoms with Gasteiger partial charge >= 0.3 is 0 Å². The predicted molar refractivity (Wildman–Crippen MR) is 116 cm³/mol. The molecule has 3 aromatic rings. The van der Waals surface area contributed by atoms with E-state index in [0.717, 1.165) is 17.7 Å². The highest BCUT2D eigenvalue weighted by Gasteiger charge is 2.44. The van der Waals surface area contributed by atoms with E-state index in [1.165, 1.54) is 10.9 Å². The monoisotopic (exact) mass is 443 g/mol. The minimum Gasteiger partial charge on any atom is -0.494 e. The number of hydrazone groups is 1. The van der Waals surface area contributed by atoms with Crippen LogP contribution in [-0.4, -0.2) is 72.6 Å². The van der Waals surface area contributed by atoms with E-state index < -0.39 is 31.1 Å². The third-order valence-corrected chi connectivity index (χ3v) is 4.97. The second kappa shape index (κ2) is 9.44. The lowest BCUT2D eigenvalue weighted by Gasteiger charge is -2.16. The molecule has 0 aliphatic carbocycles. The number of hydrogen-bond acceptors (Lipinski definition) is 11. The number of aliphatic hydroxyl groups excluding tert-OH is 3. The highest BCUT2D eigenvalue weighted by atomic mass is 16.6. The molecule has 0 saturated carbocycles. The maximum atomic E-state index is 10.3. The second-order valence-electron chi connectivity index (χ2n) is 7.27. The number of aliphatic hydroxyl groups is 3. The predicted octanol–water partition coefficient (Wildman–Crippen LogP) is 0.255. The fourth-order valence-electron chi connectivity index (χ4n) is 3.32. The first kappa shape index (κ1) is 21.9. The van der Waals surface area contributed by atoms with Crippen LogP contribution in [0.2, 0.25) is 0 Å². The van der Waals surface area contributed by atoms with Crippen LogP contribution < -0.4 is 15.9 Å². The summed E-state index contributed by atoms with van der Waals surface area (Å²) in [4.78, 5) is 12.7. The molecule has 0 amide bonds. The van der Waals surface area contributed by atoms with Crippen molar-refractivity contribution in [2.75, 3.05) is 24.4 Å². The van der Waals surface area contributed by atoms with Gasteiger partial charge in [-0.2, -0.15) is 15.1 Å². The standard InChI is InChI=1S/C20H25N7O5/c1-2-7-31-12-5-3-11(4-6-12)8-23-26-20-24-17(21)14-18(25-20)27(10-22-14)19-16(30)15(29)13(9-28)32-19/h3-6,8,10,13,15-16,19,28-30H,2,7,9H2,1H3,(H3,21,24,25,26)/b23-8+/t13-,15?,16+,19-/m1/s1. The first-order valence-electron chi connectivity index (χ1n) is 10.2. The number of hydrogen-bond donors (Lipinski definition) is 5. The van der Waals surface area contributed by atoms with Gasteiger partial charge in [-0.05, 0) is 36.2 Å². The number of aromatic nitrogens is 4. The van der Waals surface area contributed by atoms with Crippen molar-refractivity contribution < 1.29 is 24.8 Å². The molecule has 12 nitrogen and oxygen atoms in total. The lowest BCUT2D eigenvalue weighted by atomic mass is 10.1. The molecule has 1 aliphatic heterocycles. The Labute approximate surface area is 183 Å². The minimum absolute atomic E-state index is 0.107. The molecule has 3 heterocycles. The summed E-state index contributed by atoms with van der Waals surface area (Å²) < 4.78 is 12.5. The van der Waals surface area contributed by atoms with Gasteiger partial charge < -0.3 is 30.5 Å². The van der Waals surface area contributed by atoms with Crippen molar-refractivity contribution in [2.45, 2.75) is 37.9 Å². The Morgan fingerprint density at radius 3 is 2.72 bits per heavy atom. The number of nitrogens with two attached hydrogens (primary N) is 1. The van der Waals surface area contributed by atoms with Crippen molar-refractivity contribution >= 4 is 29.1 Å². The Bertz CT molecular complexity index is 1090. The van der Waals surface area contributed by atoms with Crippen molar-refractivity contribution in [3.8, 4) is 5.75 Å². The molecule has 0 radical (unpaired) electrons. The molecule has 1 aliphatic rings. The summed E-state index contributed by atoms with van der Waals surface area (Å²) in [5, 5.41) is 33.8. The summed E-state index contributed by atoms with van der Waals surface area (Å²) in [5.41, 5.74) is 10.1. The summed E-state index contributed by atoms with van der Waals surface area (Å²) in [6.07, 6.45) is -0.531. The molecule has 4 rings (SSSR count). The zero-order chi connectivity index (χ0) is 22.7. The van der Waals surface area contributed by atoms with Crippen LogP contribution in [0.5, 0.6) is 5.75 Å². The lowest BCUT2D eigenvalue weighted by molar-refractivity contribution is -0.0511. The van der Waals surface area contributed by atoms with Gasteiger partial charge in [0, 0.05) is 0 Å². The summed E-state index contributed by atoms with van der Waals surface area (Å²) in [5.74, 6) is 1.01. The topological polar surface area (TPSA) is 173 Å². The van der Waals surface area contributed by atoms with Gasteiger partial charge in [0.15, 0.2) is 17.7 Å². The smallest absolute Gasteiger partial charge is 0.247 e. The highest BCUT2D eigenvalue weighted by molar-refractivity contribution is 5.83. The largest absolute Gasteiger partial charge is 0.494 e. The molecule has 32 heavy (non-hydrogen) atoms. The van der Waals surface area contributed by atoms with Gasteiger partial charge in [0.25, 0.3) is 0 Å². The number of rotatable bonds is 8. The molecule has 0 spiro atoms. The summed E-state index contributed by atoms with van der Waals surface area (Å²) in [6.45, 7) is 2.27. The maximum Gasteiger partial charge on any atom is 0.247 e. The average molecular weight is 443 g/mol. The fraction of sp³-hybridized carbons (Fsp3) is 0.400. The number of anilines is 2. The molecule has 4 atom stereocenters. The Morgan fingerprint density at radius 1 is 1.25 bits per heavy atom. The van der Waals surface area contributed by atoms with Crippen LogP contribution in [0.4, 0.5) is 11.8 Å². The van der Waals surface area contributed by atoms with Crippen LogP contribution in [-0.2, 0) is 4.74 Å². The number of nitrogen functional groups attached to an aromatic ring is 1. The molecular weight excluding hydrogens is 418 g/mol. The summed E-state index contributed by atoms with van der Waals surface area (Å²) in [7, 11) is 0. The zero-order valence-corrected chi connectivity index (χ0v) is 17.4. The Morgan fingerprint density at radius 2 is 2.03 bits per heavy atom. The SMILES string of the molecule is CCCOc1ccc(/C=N/Nc2nc(N)c3ncn([C@@H]4O[C@H](CO)C(O)[C@@H]4O)c3n2)cc1. The fourth-order valence-corrected chi connectivity index (χ4v) is 3.32. The van der Waals surface area contributed by atoms with Gasteiger partial charge in [0.1, 0.15) is 29.6 Å². The number of benzene rings is 1. The summed E-state index contributed by atoms with van der Waals surface area (Å²) in [6, 6.07) is 7.45. The van der Waals surface area contributed by atoms with Gasteiger partial charge in [-0.15, -0.1) is 0 Å². The van der Waals surface area contributed by atoms with Crippen LogP contribution in [0.15, 0.2) is 35.7 Å². The van der Waals surface area contributed by atoms with E-state index in [4.69, 9.17) is 15.2 Å². The number of fused-ring (bicyclic) bond motifs is 1. The van der Waals surface area contributed by atoms with E-state index >= 15 is 0 Å². The molecule has 0 bridgehead atoms. The first-order chi connectivity index (χ1) is 15.5. The molecular formula is C20H25N7O5. The number of nitrogens with one attached hydrogen (secondary N) is 1. The molecule has 2 aromatic heterocycles. The normalized spacial score (nSPS) is 23.2. The molecule has 1 saturated heterocycles. The lowest BCUT2D eigenvalue weighted by Crippen LogP contribution is -2.33.